The van der Waals surface area contributed by atoms with Gasteiger partial charge >= 0.3 is 0 Å². The summed E-state index contributed by atoms with van der Waals surface area (Å²) in [6, 6.07) is 0. The van der Waals surface area contributed by atoms with Crippen molar-refractivity contribution < 1.29 is 4.74 Å². The number of aromatic nitrogens is 2. The highest BCUT2D eigenvalue weighted by molar-refractivity contribution is 7.19. The van der Waals surface area contributed by atoms with Crippen molar-refractivity contribution in [3.8, 4) is 0 Å². The number of fused-ring (bicyclic) bond motifs is 3. The van der Waals surface area contributed by atoms with Crippen LogP contribution in [0.5, 0.6) is 0 Å². The number of nitrogen functional groups attached to an aromatic ring is 1. The van der Waals surface area contributed by atoms with Gasteiger partial charge in [0.05, 0.1) is 5.39 Å². The molecule has 0 atom stereocenters. The molecule has 1 fully saturated rings. The van der Waals surface area contributed by atoms with Gasteiger partial charge in [-0.2, -0.15) is 0 Å². The Morgan fingerprint density at radius 3 is 2.70 bits per heavy atom. The lowest BCUT2D eigenvalue weighted by atomic mass is 10.0. The first kappa shape index (κ1) is 12.5. The summed E-state index contributed by atoms with van der Waals surface area (Å²) in [5, 5.41) is 1.11. The number of anilines is 1. The number of methoxy groups -OCH3 is 1. The highest BCUT2D eigenvalue weighted by Gasteiger charge is 2.39. The number of thiophene rings is 1. The molecule has 0 saturated heterocycles. The summed E-state index contributed by atoms with van der Waals surface area (Å²) >= 11 is 1.80. The van der Waals surface area contributed by atoms with Crippen LogP contribution in [0.15, 0.2) is 0 Å². The molecule has 0 aliphatic heterocycles. The van der Waals surface area contributed by atoms with Crippen LogP contribution >= 0.6 is 11.3 Å². The highest BCUT2D eigenvalue weighted by Crippen LogP contribution is 2.43. The minimum absolute atomic E-state index is 0.309. The number of rotatable bonds is 2. The normalized spacial score (nSPS) is 20.6. The first-order valence-electron chi connectivity index (χ1n) is 7.37. The largest absolute Gasteiger partial charge is 0.383 e. The van der Waals surface area contributed by atoms with Crippen LogP contribution in [-0.2, 0) is 23.2 Å². The van der Waals surface area contributed by atoms with Crippen LogP contribution < -0.4 is 5.73 Å². The second kappa shape index (κ2) is 4.40. The lowest BCUT2D eigenvalue weighted by molar-refractivity contribution is -0.0158. The average molecular weight is 289 g/mol. The van der Waals surface area contributed by atoms with Gasteiger partial charge in [-0.05, 0) is 50.5 Å². The van der Waals surface area contributed by atoms with E-state index < -0.39 is 0 Å². The summed E-state index contributed by atoms with van der Waals surface area (Å²) in [5.74, 6) is 1.44. The van der Waals surface area contributed by atoms with E-state index in [9.17, 15) is 0 Å². The number of ether oxygens (including phenoxy) is 1. The first-order valence-corrected chi connectivity index (χ1v) is 8.18. The Balaban J connectivity index is 1.90. The van der Waals surface area contributed by atoms with E-state index in [1.165, 1.54) is 36.1 Å². The predicted molar refractivity (Wildman–Crippen MR) is 81.0 cm³/mol. The van der Waals surface area contributed by atoms with Gasteiger partial charge in [-0.15, -0.1) is 11.3 Å². The molecule has 5 heteroatoms. The monoisotopic (exact) mass is 289 g/mol. The zero-order valence-corrected chi connectivity index (χ0v) is 12.6. The molecule has 106 valence electrons. The van der Waals surface area contributed by atoms with Gasteiger partial charge in [0.1, 0.15) is 16.2 Å². The quantitative estimate of drug-likeness (QED) is 0.922. The fourth-order valence-electron chi connectivity index (χ4n) is 3.69. The molecule has 0 aromatic carbocycles. The predicted octanol–water partition coefficient (Wildman–Crippen LogP) is 3.18. The van der Waals surface area contributed by atoms with Crippen molar-refractivity contribution >= 4 is 27.4 Å². The van der Waals surface area contributed by atoms with Crippen LogP contribution in [0.25, 0.3) is 10.2 Å². The molecule has 2 N–H and O–H groups in total. The van der Waals surface area contributed by atoms with E-state index in [-0.39, 0.29) is 5.60 Å². The number of hydrogen-bond donors (Lipinski definition) is 1. The Morgan fingerprint density at radius 2 is 1.95 bits per heavy atom. The van der Waals surface area contributed by atoms with Crippen molar-refractivity contribution in [3.63, 3.8) is 0 Å². The van der Waals surface area contributed by atoms with Crippen molar-refractivity contribution in [1.82, 2.24) is 9.97 Å². The minimum atomic E-state index is -0.309. The average Bonchev–Trinajstić information content (AvgIpc) is 3.13. The number of nitrogens with two attached hydrogens (primary N) is 1. The molecule has 0 bridgehead atoms. The van der Waals surface area contributed by atoms with Gasteiger partial charge in [0.2, 0.25) is 0 Å². The molecule has 0 radical (unpaired) electrons. The molecule has 0 spiro atoms. The number of hydrogen-bond acceptors (Lipinski definition) is 5. The van der Waals surface area contributed by atoms with Crippen LogP contribution in [-0.4, -0.2) is 17.1 Å². The van der Waals surface area contributed by atoms with Gasteiger partial charge in [-0.3, -0.25) is 0 Å². The Bertz CT molecular complexity index is 673. The van der Waals surface area contributed by atoms with Crippen LogP contribution in [0.1, 0.15) is 48.4 Å². The van der Waals surface area contributed by atoms with Crippen LogP contribution in [0, 0.1) is 0 Å². The number of nitrogens with zero attached hydrogens (tertiary/aromatic N) is 2. The molecule has 2 aromatic rings. The van der Waals surface area contributed by atoms with E-state index in [1.807, 2.05) is 0 Å². The maximum Gasteiger partial charge on any atom is 0.164 e. The van der Waals surface area contributed by atoms with Crippen molar-refractivity contribution in [2.75, 3.05) is 12.8 Å². The van der Waals surface area contributed by atoms with E-state index in [0.29, 0.717) is 5.82 Å². The Kier molecular flexibility index (Phi) is 2.76. The Morgan fingerprint density at radius 1 is 1.15 bits per heavy atom. The molecular weight excluding hydrogens is 270 g/mol. The Hall–Kier alpha value is -1.20. The maximum atomic E-state index is 6.26. The van der Waals surface area contributed by atoms with Crippen molar-refractivity contribution in [2.24, 2.45) is 0 Å². The van der Waals surface area contributed by atoms with E-state index >= 15 is 0 Å². The van der Waals surface area contributed by atoms with E-state index in [1.54, 1.807) is 18.4 Å². The zero-order chi connectivity index (χ0) is 13.7. The molecule has 4 rings (SSSR count). The van der Waals surface area contributed by atoms with Crippen LogP contribution in [0.4, 0.5) is 5.82 Å². The van der Waals surface area contributed by atoms with Gasteiger partial charge < -0.3 is 10.5 Å². The van der Waals surface area contributed by atoms with E-state index in [2.05, 4.69) is 4.98 Å². The van der Waals surface area contributed by atoms with E-state index in [0.717, 1.165) is 35.3 Å². The summed E-state index contributed by atoms with van der Waals surface area (Å²) in [7, 11) is 1.77. The van der Waals surface area contributed by atoms with Crippen molar-refractivity contribution in [2.45, 2.75) is 50.5 Å². The number of aryl methyl sites for hydroxylation is 2. The van der Waals surface area contributed by atoms with Crippen molar-refractivity contribution in [3.05, 3.63) is 16.3 Å². The van der Waals surface area contributed by atoms with Gasteiger partial charge in [-0.25, -0.2) is 9.97 Å². The third-order valence-corrected chi connectivity index (χ3v) is 5.99. The maximum absolute atomic E-state index is 6.26. The van der Waals surface area contributed by atoms with Crippen LogP contribution in [0.3, 0.4) is 0 Å². The summed E-state index contributed by atoms with van der Waals surface area (Å²) in [4.78, 5) is 12.0. The molecule has 4 nitrogen and oxygen atoms in total. The SMILES string of the molecule is COC1(c2nc(N)c3c4c(sc3n2)CCC4)CCCC1. The summed E-state index contributed by atoms with van der Waals surface area (Å²) < 4.78 is 5.79. The highest BCUT2D eigenvalue weighted by atomic mass is 32.1. The zero-order valence-electron chi connectivity index (χ0n) is 11.7. The minimum Gasteiger partial charge on any atom is -0.383 e. The lowest BCUT2D eigenvalue weighted by Crippen LogP contribution is -2.27. The van der Waals surface area contributed by atoms with Crippen LogP contribution in [0.2, 0.25) is 0 Å². The molecule has 2 aromatic heterocycles. The van der Waals surface area contributed by atoms with Crippen molar-refractivity contribution in [1.29, 1.82) is 0 Å². The smallest absolute Gasteiger partial charge is 0.164 e. The van der Waals surface area contributed by atoms with Gasteiger partial charge in [0, 0.05) is 12.0 Å². The summed E-state index contributed by atoms with van der Waals surface area (Å²) in [6.07, 6.45) is 7.88. The molecule has 2 heterocycles. The van der Waals surface area contributed by atoms with Gasteiger partial charge in [-0.1, -0.05) is 0 Å². The fourth-order valence-corrected chi connectivity index (χ4v) is 4.96. The molecule has 2 aliphatic carbocycles. The second-order valence-corrected chi connectivity index (χ2v) is 6.96. The molecule has 0 unspecified atom stereocenters. The Labute approximate surface area is 122 Å². The van der Waals surface area contributed by atoms with Gasteiger partial charge in [0.15, 0.2) is 5.82 Å². The topological polar surface area (TPSA) is 61.0 Å². The fraction of sp³-hybridized carbons (Fsp3) is 0.600. The second-order valence-electron chi connectivity index (χ2n) is 5.88. The standard InChI is InChI=1S/C15H19N3OS/c1-19-15(7-2-3-8-15)14-17-12(16)11-9-5-4-6-10(9)20-13(11)18-14/h2-8H2,1H3,(H2,16,17,18). The molecular formula is C15H19N3OS. The molecule has 0 amide bonds. The third kappa shape index (κ3) is 1.63. The molecule has 1 saturated carbocycles. The van der Waals surface area contributed by atoms with Gasteiger partial charge in [0.25, 0.3) is 0 Å². The molecule has 2 aliphatic rings. The first-order chi connectivity index (χ1) is 9.73. The molecule has 20 heavy (non-hydrogen) atoms. The summed E-state index contributed by atoms with van der Waals surface area (Å²) in [5.41, 5.74) is 7.34. The lowest BCUT2D eigenvalue weighted by Gasteiger charge is -2.25. The third-order valence-electron chi connectivity index (χ3n) is 4.80. The van der Waals surface area contributed by atoms with E-state index in [4.69, 9.17) is 15.5 Å². The summed E-state index contributed by atoms with van der Waals surface area (Å²) in [6.45, 7) is 0.